The molecule has 5 nitrogen and oxygen atoms in total. The molecule has 0 fully saturated rings. The zero-order chi connectivity index (χ0) is 15.5. The van der Waals surface area contributed by atoms with E-state index in [0.29, 0.717) is 12.5 Å². The summed E-state index contributed by atoms with van der Waals surface area (Å²) >= 11 is 0. The molecular weight excluding hydrogens is 278 g/mol. The third-order valence-electron chi connectivity index (χ3n) is 4.12. The molecule has 0 saturated heterocycles. The molecule has 2 aromatic heterocycles. The summed E-state index contributed by atoms with van der Waals surface area (Å²) in [5.74, 6) is 0.255. The maximum Gasteiger partial charge on any atom is 0.261 e. The number of hydrogen-bond acceptors (Lipinski definition) is 3. The molecule has 0 aliphatic heterocycles. The number of nitrogens with one attached hydrogen (secondary N) is 2. The number of carbonyl (C=O) groups is 1. The molecule has 0 unspecified atom stereocenters. The Kier molecular flexibility index (Phi) is 4.04. The first-order chi connectivity index (χ1) is 10.6. The Morgan fingerprint density at radius 1 is 1.41 bits per heavy atom. The summed E-state index contributed by atoms with van der Waals surface area (Å²) in [6.45, 7) is 2.57. The van der Waals surface area contributed by atoms with E-state index in [1.54, 1.807) is 18.5 Å². The van der Waals surface area contributed by atoms with Gasteiger partial charge in [0.25, 0.3) is 11.5 Å². The van der Waals surface area contributed by atoms with Gasteiger partial charge in [-0.15, -0.1) is 0 Å². The van der Waals surface area contributed by atoms with Crippen molar-refractivity contribution in [3.63, 3.8) is 0 Å². The van der Waals surface area contributed by atoms with Crippen molar-refractivity contribution < 1.29 is 4.79 Å². The van der Waals surface area contributed by atoms with Crippen molar-refractivity contribution in [2.75, 3.05) is 0 Å². The summed E-state index contributed by atoms with van der Waals surface area (Å²) in [6, 6.07) is 5.42. The summed E-state index contributed by atoms with van der Waals surface area (Å²) in [5, 5.41) is 2.79. The summed E-state index contributed by atoms with van der Waals surface area (Å²) in [5.41, 5.74) is 2.91. The molecule has 1 amide bonds. The summed E-state index contributed by atoms with van der Waals surface area (Å²) in [7, 11) is 0. The molecule has 0 radical (unpaired) electrons. The van der Waals surface area contributed by atoms with E-state index in [1.807, 2.05) is 12.1 Å². The predicted octanol–water partition coefficient (Wildman–Crippen LogP) is 1.82. The lowest BCUT2D eigenvalue weighted by Crippen LogP contribution is -2.31. The number of pyridine rings is 2. The highest BCUT2D eigenvalue weighted by molar-refractivity contribution is 5.94. The van der Waals surface area contributed by atoms with Crippen LogP contribution in [0.25, 0.3) is 0 Å². The minimum Gasteiger partial charge on any atom is -0.348 e. The topological polar surface area (TPSA) is 74.8 Å². The van der Waals surface area contributed by atoms with Crippen molar-refractivity contribution in [2.45, 2.75) is 32.7 Å². The second-order valence-electron chi connectivity index (χ2n) is 5.90. The third-order valence-corrected chi connectivity index (χ3v) is 4.12. The van der Waals surface area contributed by atoms with Gasteiger partial charge in [0.1, 0.15) is 5.56 Å². The van der Waals surface area contributed by atoms with E-state index >= 15 is 0 Å². The Bertz CT molecular complexity index is 737. The molecule has 1 aliphatic carbocycles. The van der Waals surface area contributed by atoms with Gasteiger partial charge in [-0.1, -0.05) is 6.92 Å². The molecular formula is C17H19N3O2. The minimum absolute atomic E-state index is 0.196. The van der Waals surface area contributed by atoms with E-state index < -0.39 is 0 Å². The fourth-order valence-electron chi connectivity index (χ4n) is 2.83. The van der Waals surface area contributed by atoms with E-state index in [9.17, 15) is 9.59 Å². The van der Waals surface area contributed by atoms with Gasteiger partial charge < -0.3 is 10.3 Å². The van der Waals surface area contributed by atoms with Crippen LogP contribution < -0.4 is 10.9 Å². The Labute approximate surface area is 128 Å². The number of hydrogen-bond donors (Lipinski definition) is 2. The quantitative estimate of drug-likeness (QED) is 0.907. The number of aromatic nitrogens is 2. The van der Waals surface area contributed by atoms with E-state index in [4.69, 9.17) is 0 Å². The lowest BCUT2D eigenvalue weighted by atomic mass is 9.87. The molecule has 0 saturated carbocycles. The van der Waals surface area contributed by atoms with Crippen molar-refractivity contribution in [3.8, 4) is 0 Å². The fraction of sp³-hybridized carbons (Fsp3) is 0.353. The summed E-state index contributed by atoms with van der Waals surface area (Å²) < 4.78 is 0. The number of carbonyl (C=O) groups excluding carboxylic acids is 1. The molecule has 1 atom stereocenters. The molecule has 2 aromatic rings. The molecule has 114 valence electrons. The van der Waals surface area contributed by atoms with Crippen molar-refractivity contribution >= 4 is 5.91 Å². The number of amides is 1. The lowest BCUT2D eigenvalue weighted by Gasteiger charge is -2.21. The van der Waals surface area contributed by atoms with Crippen LogP contribution in [0, 0.1) is 5.92 Å². The summed E-state index contributed by atoms with van der Waals surface area (Å²) in [4.78, 5) is 31.2. The van der Waals surface area contributed by atoms with Gasteiger partial charge in [-0.3, -0.25) is 14.6 Å². The van der Waals surface area contributed by atoms with Crippen LogP contribution in [0.4, 0.5) is 0 Å². The molecule has 1 aliphatic rings. The van der Waals surface area contributed by atoms with Crippen molar-refractivity contribution in [1.29, 1.82) is 0 Å². The second kappa shape index (κ2) is 6.13. The van der Waals surface area contributed by atoms with Crippen LogP contribution >= 0.6 is 0 Å². The van der Waals surface area contributed by atoms with Crippen LogP contribution in [0.2, 0.25) is 0 Å². The predicted molar refractivity (Wildman–Crippen MR) is 83.7 cm³/mol. The van der Waals surface area contributed by atoms with Crippen LogP contribution in [0.1, 0.15) is 40.5 Å². The SMILES string of the molecule is C[C@@H]1CCc2[nH]c(=O)c(C(=O)NCc3ccncc3)cc2C1. The molecule has 2 N–H and O–H groups in total. The van der Waals surface area contributed by atoms with Crippen LogP contribution in [0.5, 0.6) is 0 Å². The Hall–Kier alpha value is -2.43. The number of nitrogens with zero attached hydrogens (tertiary/aromatic N) is 1. The van der Waals surface area contributed by atoms with Gasteiger partial charge in [0, 0.05) is 24.6 Å². The molecule has 0 spiro atoms. The smallest absolute Gasteiger partial charge is 0.261 e. The van der Waals surface area contributed by atoms with Crippen LogP contribution in [-0.4, -0.2) is 15.9 Å². The van der Waals surface area contributed by atoms with Gasteiger partial charge in [-0.2, -0.15) is 0 Å². The van der Waals surface area contributed by atoms with Crippen molar-refractivity contribution in [1.82, 2.24) is 15.3 Å². The van der Waals surface area contributed by atoms with Gasteiger partial charge in [-0.05, 0) is 54.5 Å². The van der Waals surface area contributed by atoms with Crippen LogP contribution in [-0.2, 0) is 19.4 Å². The van der Waals surface area contributed by atoms with Crippen LogP contribution in [0.3, 0.4) is 0 Å². The molecule has 2 heterocycles. The van der Waals surface area contributed by atoms with E-state index in [1.165, 1.54) is 0 Å². The van der Waals surface area contributed by atoms with Gasteiger partial charge in [0.05, 0.1) is 0 Å². The largest absolute Gasteiger partial charge is 0.348 e. The number of aromatic amines is 1. The first-order valence-electron chi connectivity index (χ1n) is 7.55. The zero-order valence-electron chi connectivity index (χ0n) is 12.6. The molecule has 0 bridgehead atoms. The standard InChI is InChI=1S/C17H19N3O2/c1-11-2-3-15-13(8-11)9-14(17(22)20-15)16(21)19-10-12-4-6-18-7-5-12/h4-7,9,11H,2-3,8,10H2,1H3,(H,19,21)(H,20,22)/t11-/m1/s1. The van der Waals surface area contributed by atoms with Crippen molar-refractivity contribution in [3.05, 3.63) is 63.3 Å². The highest BCUT2D eigenvalue weighted by Crippen LogP contribution is 2.23. The maximum atomic E-state index is 12.3. The lowest BCUT2D eigenvalue weighted by molar-refractivity contribution is 0.0949. The first-order valence-corrected chi connectivity index (χ1v) is 7.55. The van der Waals surface area contributed by atoms with Crippen LogP contribution in [0.15, 0.2) is 35.4 Å². The molecule has 0 aromatic carbocycles. The summed E-state index contributed by atoms with van der Waals surface area (Å²) in [6.07, 6.45) is 6.22. The van der Waals surface area contributed by atoms with E-state index in [-0.39, 0.29) is 17.0 Å². The molecule has 5 heteroatoms. The molecule has 22 heavy (non-hydrogen) atoms. The fourth-order valence-corrected chi connectivity index (χ4v) is 2.83. The Morgan fingerprint density at radius 3 is 2.95 bits per heavy atom. The minimum atomic E-state index is -0.334. The number of aryl methyl sites for hydroxylation is 1. The Balaban J connectivity index is 1.78. The normalized spacial score (nSPS) is 16.9. The monoisotopic (exact) mass is 297 g/mol. The van der Waals surface area contributed by atoms with Gasteiger partial charge >= 0.3 is 0 Å². The average Bonchev–Trinajstić information content (AvgIpc) is 2.53. The first kappa shape index (κ1) is 14.5. The zero-order valence-corrected chi connectivity index (χ0v) is 12.6. The van der Waals surface area contributed by atoms with Gasteiger partial charge in [0.2, 0.25) is 0 Å². The second-order valence-corrected chi connectivity index (χ2v) is 5.90. The highest BCUT2D eigenvalue weighted by Gasteiger charge is 2.19. The third kappa shape index (κ3) is 3.08. The van der Waals surface area contributed by atoms with E-state index in [0.717, 1.165) is 36.1 Å². The number of fused-ring (bicyclic) bond motifs is 1. The van der Waals surface area contributed by atoms with Gasteiger partial charge in [-0.25, -0.2) is 0 Å². The number of H-pyrrole nitrogens is 1. The number of rotatable bonds is 3. The molecule has 3 rings (SSSR count). The van der Waals surface area contributed by atoms with Crippen molar-refractivity contribution in [2.24, 2.45) is 5.92 Å². The highest BCUT2D eigenvalue weighted by atomic mass is 16.2. The van der Waals surface area contributed by atoms with Gasteiger partial charge in [0.15, 0.2) is 0 Å². The average molecular weight is 297 g/mol. The van der Waals surface area contributed by atoms with E-state index in [2.05, 4.69) is 22.2 Å². The maximum absolute atomic E-state index is 12.3. The Morgan fingerprint density at radius 2 is 2.18 bits per heavy atom.